The number of carbonyl (C=O) groups is 1. The van der Waals surface area contributed by atoms with Gasteiger partial charge in [-0.2, -0.15) is 0 Å². The molecule has 2 heterocycles. The fraction of sp³-hybridized carbons (Fsp3) is 0.241. The molecule has 37 heavy (non-hydrogen) atoms. The predicted molar refractivity (Wildman–Crippen MR) is 146 cm³/mol. The van der Waals surface area contributed by atoms with Crippen molar-refractivity contribution >= 4 is 28.3 Å². The van der Waals surface area contributed by atoms with Gasteiger partial charge in [0.2, 0.25) is 0 Å². The maximum absolute atomic E-state index is 14.1. The first kappa shape index (κ1) is 24.2. The Balaban J connectivity index is 1.61. The Morgan fingerprint density at radius 1 is 1.03 bits per heavy atom. The van der Waals surface area contributed by atoms with Crippen molar-refractivity contribution in [3.8, 4) is 0 Å². The normalized spacial score (nSPS) is 13.4. The number of pyridine rings is 1. The third-order valence-electron chi connectivity index (χ3n) is 6.83. The zero-order valence-electron chi connectivity index (χ0n) is 20.5. The molecule has 1 aliphatic carbocycles. The first-order valence-electron chi connectivity index (χ1n) is 12.5. The summed E-state index contributed by atoms with van der Waals surface area (Å²) in [6.45, 7) is 0.429. The number of fused-ring (bicyclic) bond motifs is 1. The van der Waals surface area contributed by atoms with Crippen LogP contribution in [0.2, 0.25) is 0 Å². The summed E-state index contributed by atoms with van der Waals surface area (Å²) in [7, 11) is 0. The standard InChI is InChI=1S/C29H29N5O3/c30-26-25(27(35)32-29(37)34(26)19-21-11-5-2-6-12-21)33(18-16-20-9-3-1-4-10-20)28(36)23-13-7-15-24-22(23)14-8-17-31-24/h2,5-9,11-15,17H,1,3-4,10,16,18-19,30H2,(H,32,35,37). The van der Waals surface area contributed by atoms with Crippen molar-refractivity contribution in [1.29, 1.82) is 0 Å². The molecule has 0 fully saturated rings. The van der Waals surface area contributed by atoms with E-state index in [4.69, 9.17) is 5.73 Å². The molecule has 0 aliphatic heterocycles. The van der Waals surface area contributed by atoms with Crippen LogP contribution in [0, 0.1) is 0 Å². The fourth-order valence-corrected chi connectivity index (χ4v) is 4.90. The molecule has 4 aromatic rings. The first-order valence-corrected chi connectivity index (χ1v) is 12.5. The van der Waals surface area contributed by atoms with E-state index in [2.05, 4.69) is 16.0 Å². The summed E-state index contributed by atoms with van der Waals surface area (Å²) < 4.78 is 1.30. The van der Waals surface area contributed by atoms with Crippen LogP contribution in [-0.4, -0.2) is 27.0 Å². The lowest BCUT2D eigenvalue weighted by atomic mass is 9.97. The number of allylic oxidation sites excluding steroid dienone is 1. The zero-order valence-corrected chi connectivity index (χ0v) is 20.5. The minimum absolute atomic E-state index is 0.0159. The summed E-state index contributed by atoms with van der Waals surface area (Å²) >= 11 is 0. The van der Waals surface area contributed by atoms with Crippen molar-refractivity contribution in [2.45, 2.75) is 38.6 Å². The van der Waals surface area contributed by atoms with Crippen LogP contribution >= 0.6 is 0 Å². The summed E-state index contributed by atoms with van der Waals surface area (Å²) in [6, 6.07) is 18.3. The van der Waals surface area contributed by atoms with Crippen LogP contribution in [0.5, 0.6) is 0 Å². The summed E-state index contributed by atoms with van der Waals surface area (Å²) in [5.74, 6) is -0.404. The molecular weight excluding hydrogens is 466 g/mol. The van der Waals surface area contributed by atoms with Crippen LogP contribution in [0.25, 0.3) is 10.9 Å². The van der Waals surface area contributed by atoms with E-state index in [0.29, 0.717) is 22.9 Å². The highest BCUT2D eigenvalue weighted by Gasteiger charge is 2.27. The molecule has 0 radical (unpaired) electrons. The van der Waals surface area contributed by atoms with Gasteiger partial charge in [-0.15, -0.1) is 0 Å². The van der Waals surface area contributed by atoms with Gasteiger partial charge in [0.25, 0.3) is 11.5 Å². The second-order valence-electron chi connectivity index (χ2n) is 9.26. The fourth-order valence-electron chi connectivity index (χ4n) is 4.90. The van der Waals surface area contributed by atoms with Crippen molar-refractivity contribution < 1.29 is 4.79 Å². The molecule has 1 amide bonds. The molecule has 2 aromatic heterocycles. The van der Waals surface area contributed by atoms with Gasteiger partial charge in [-0.05, 0) is 55.9 Å². The van der Waals surface area contributed by atoms with Crippen LogP contribution in [0.15, 0.2) is 88.1 Å². The number of nitrogen functional groups attached to an aromatic ring is 1. The van der Waals surface area contributed by atoms with Crippen molar-refractivity contribution in [2.24, 2.45) is 0 Å². The number of nitrogens with one attached hydrogen (secondary N) is 1. The summed E-state index contributed by atoms with van der Waals surface area (Å²) in [5, 5.41) is 0.685. The van der Waals surface area contributed by atoms with E-state index < -0.39 is 11.2 Å². The Morgan fingerprint density at radius 3 is 2.65 bits per heavy atom. The molecule has 188 valence electrons. The number of hydrogen-bond acceptors (Lipinski definition) is 5. The number of hydrogen-bond donors (Lipinski definition) is 2. The average molecular weight is 496 g/mol. The minimum Gasteiger partial charge on any atom is -0.383 e. The number of nitrogens with two attached hydrogens (primary N) is 1. The van der Waals surface area contributed by atoms with Gasteiger partial charge in [-0.3, -0.25) is 24.1 Å². The number of H-pyrrole nitrogens is 1. The average Bonchev–Trinajstić information content (AvgIpc) is 2.93. The number of aromatic amines is 1. The lowest BCUT2D eigenvalue weighted by molar-refractivity contribution is 0.0988. The predicted octanol–water partition coefficient (Wildman–Crippen LogP) is 4.25. The lowest BCUT2D eigenvalue weighted by Gasteiger charge is -2.26. The molecule has 8 nitrogen and oxygen atoms in total. The number of aromatic nitrogens is 3. The van der Waals surface area contributed by atoms with Gasteiger partial charge in [0.05, 0.1) is 12.1 Å². The SMILES string of the molecule is Nc1c(N(CCC2=CCCCC2)C(=O)c2cccc3ncccc23)c(=O)[nH]c(=O)n1Cc1ccccc1. The Morgan fingerprint density at radius 2 is 1.86 bits per heavy atom. The number of nitrogens with zero attached hydrogens (tertiary/aromatic N) is 3. The molecule has 0 spiro atoms. The van der Waals surface area contributed by atoms with Gasteiger partial charge >= 0.3 is 5.69 Å². The topological polar surface area (TPSA) is 114 Å². The highest BCUT2D eigenvalue weighted by Crippen LogP contribution is 2.26. The maximum Gasteiger partial charge on any atom is 0.330 e. The van der Waals surface area contributed by atoms with E-state index in [0.717, 1.165) is 31.2 Å². The monoisotopic (exact) mass is 495 g/mol. The van der Waals surface area contributed by atoms with Gasteiger partial charge in [0, 0.05) is 23.7 Å². The van der Waals surface area contributed by atoms with Crippen LogP contribution in [0.3, 0.4) is 0 Å². The van der Waals surface area contributed by atoms with E-state index in [9.17, 15) is 14.4 Å². The molecule has 0 saturated heterocycles. The van der Waals surface area contributed by atoms with E-state index in [1.54, 1.807) is 24.4 Å². The van der Waals surface area contributed by atoms with Crippen LogP contribution in [-0.2, 0) is 6.54 Å². The molecular formula is C29H29N5O3. The molecule has 0 saturated carbocycles. The van der Waals surface area contributed by atoms with E-state index in [1.807, 2.05) is 42.5 Å². The summed E-state index contributed by atoms with van der Waals surface area (Å²) in [4.78, 5) is 48.2. The Hall–Kier alpha value is -4.46. The third-order valence-corrected chi connectivity index (χ3v) is 6.83. The third kappa shape index (κ3) is 5.09. The lowest BCUT2D eigenvalue weighted by Crippen LogP contribution is -2.42. The van der Waals surface area contributed by atoms with Crippen LogP contribution in [0.1, 0.15) is 48.0 Å². The van der Waals surface area contributed by atoms with Gasteiger partial charge < -0.3 is 10.6 Å². The minimum atomic E-state index is -0.684. The number of anilines is 2. The Bertz CT molecular complexity index is 1580. The zero-order chi connectivity index (χ0) is 25.8. The number of rotatable bonds is 7. The Kier molecular flexibility index (Phi) is 6.98. The van der Waals surface area contributed by atoms with E-state index in [1.165, 1.54) is 15.0 Å². The van der Waals surface area contributed by atoms with E-state index in [-0.39, 0.29) is 30.5 Å². The quantitative estimate of drug-likeness (QED) is 0.372. The van der Waals surface area contributed by atoms with E-state index >= 15 is 0 Å². The van der Waals surface area contributed by atoms with Gasteiger partial charge in [-0.25, -0.2) is 4.79 Å². The first-order chi connectivity index (χ1) is 18.0. The van der Waals surface area contributed by atoms with Crippen LogP contribution in [0.4, 0.5) is 11.5 Å². The van der Waals surface area contributed by atoms with Gasteiger partial charge in [-0.1, -0.05) is 54.1 Å². The largest absolute Gasteiger partial charge is 0.383 e. The second-order valence-corrected chi connectivity index (χ2v) is 9.26. The maximum atomic E-state index is 14.1. The van der Waals surface area contributed by atoms with Crippen molar-refractivity contribution in [3.63, 3.8) is 0 Å². The molecule has 1 aliphatic rings. The van der Waals surface area contributed by atoms with Gasteiger partial charge in [0.1, 0.15) is 5.82 Å². The Labute approximate surface area is 214 Å². The molecule has 0 unspecified atom stereocenters. The summed E-state index contributed by atoms with van der Waals surface area (Å²) in [6.07, 6.45) is 8.77. The smallest absolute Gasteiger partial charge is 0.330 e. The number of carbonyl (C=O) groups excluding carboxylic acids is 1. The highest BCUT2D eigenvalue weighted by atomic mass is 16.2. The molecule has 5 rings (SSSR count). The molecule has 0 atom stereocenters. The molecule has 8 heteroatoms. The summed E-state index contributed by atoms with van der Waals surface area (Å²) in [5.41, 5.74) is 8.38. The highest BCUT2D eigenvalue weighted by molar-refractivity contribution is 6.14. The number of benzene rings is 2. The molecule has 3 N–H and O–H groups in total. The van der Waals surface area contributed by atoms with Crippen molar-refractivity contribution in [1.82, 2.24) is 14.5 Å². The molecule has 0 bridgehead atoms. The molecule has 2 aromatic carbocycles. The second kappa shape index (κ2) is 10.7. The number of amides is 1. The van der Waals surface area contributed by atoms with Crippen molar-refractivity contribution in [2.75, 3.05) is 17.2 Å². The van der Waals surface area contributed by atoms with Crippen molar-refractivity contribution in [3.05, 3.63) is 110 Å². The van der Waals surface area contributed by atoms with Gasteiger partial charge in [0.15, 0.2) is 5.69 Å². The van der Waals surface area contributed by atoms with Crippen LogP contribution < -0.4 is 21.9 Å².